The second-order valence-electron chi connectivity index (χ2n) is 16.5. The molecular formula is C33H60BrN3O8SSi2. The lowest BCUT2D eigenvalue weighted by molar-refractivity contribution is -0.0567. The highest BCUT2D eigenvalue weighted by Crippen LogP contribution is 2.52. The van der Waals surface area contributed by atoms with Gasteiger partial charge in [-0.2, -0.15) is 8.42 Å². The third-order valence-electron chi connectivity index (χ3n) is 10.7. The van der Waals surface area contributed by atoms with E-state index in [2.05, 4.69) is 70.6 Å². The van der Waals surface area contributed by atoms with Gasteiger partial charge in [-0.1, -0.05) is 89.6 Å². The van der Waals surface area contributed by atoms with Gasteiger partial charge in [0.2, 0.25) is 0 Å². The quantitative estimate of drug-likeness (QED) is 0.0894. The van der Waals surface area contributed by atoms with Crippen LogP contribution in [0.2, 0.25) is 36.3 Å². The van der Waals surface area contributed by atoms with E-state index in [4.69, 9.17) is 23.5 Å². The number of nitrogens with zero attached hydrogens (tertiary/aromatic N) is 2. The Kier molecular flexibility index (Phi) is 13.1. The van der Waals surface area contributed by atoms with Gasteiger partial charge in [0.25, 0.3) is 15.7 Å². The molecule has 1 saturated heterocycles. The van der Waals surface area contributed by atoms with E-state index < -0.39 is 56.5 Å². The van der Waals surface area contributed by atoms with Gasteiger partial charge in [-0.3, -0.25) is 13.9 Å². The number of hydrogen-bond acceptors (Lipinski definition) is 9. The van der Waals surface area contributed by atoms with Crippen molar-refractivity contribution in [2.45, 2.75) is 160 Å². The molecule has 1 aromatic heterocycles. The number of hydrogen-bond donors (Lipinski definition) is 1. The fourth-order valence-electron chi connectivity index (χ4n) is 5.60. The number of unbranched alkanes of at least 4 members (excludes halogenated alkanes) is 6. The van der Waals surface area contributed by atoms with Gasteiger partial charge in [0.15, 0.2) is 28.5 Å². The van der Waals surface area contributed by atoms with Crippen molar-refractivity contribution in [2.24, 2.45) is 5.73 Å². The Balaban J connectivity index is 2.11. The first-order valence-electron chi connectivity index (χ1n) is 17.2. The van der Waals surface area contributed by atoms with Gasteiger partial charge < -0.3 is 19.3 Å². The summed E-state index contributed by atoms with van der Waals surface area (Å²) in [6.45, 7) is 22.7. The van der Waals surface area contributed by atoms with Crippen LogP contribution in [-0.2, 0) is 34.4 Å². The molecule has 11 nitrogen and oxygen atoms in total. The molecule has 2 aliphatic rings. The number of aromatic nitrogens is 2. The van der Waals surface area contributed by atoms with E-state index in [0.29, 0.717) is 12.0 Å². The zero-order chi connectivity index (χ0) is 36.5. The number of ether oxygens (including phenoxy) is 1. The molecule has 3 rings (SSSR count). The third kappa shape index (κ3) is 8.86. The average molecular weight is 795 g/mol. The monoisotopic (exact) mass is 793 g/mol. The summed E-state index contributed by atoms with van der Waals surface area (Å²) in [4.78, 5) is 27.5. The minimum absolute atomic E-state index is 0.0303. The summed E-state index contributed by atoms with van der Waals surface area (Å²) in [5, 5.41) is 1.49. The van der Waals surface area contributed by atoms with E-state index in [-0.39, 0.29) is 34.5 Å². The Morgan fingerprint density at radius 3 is 1.98 bits per heavy atom. The standard InChI is InChI=1S/C33H60BrN3O8SSi2/c1-24-21-37(30(39)36(28(24)38)20-18-16-14-12-13-15-17-19-34)29-27(44-48(10,11)32(5,6)7)33(25(35)23-46(40,41)45-33)26(43-29)22-42-47(8,9)31(2,3)4/h21,23,26-27,29H,12-20,22,35H2,1-11H3/t26-,27+,29-,33-/m1/s1. The molecule has 1 spiro atoms. The molecule has 0 aromatic carbocycles. The second kappa shape index (κ2) is 15.3. The lowest BCUT2D eigenvalue weighted by Gasteiger charge is -2.43. The summed E-state index contributed by atoms with van der Waals surface area (Å²) in [6.07, 6.45) is 5.37. The van der Waals surface area contributed by atoms with Crippen molar-refractivity contribution < 1.29 is 26.2 Å². The number of nitrogens with two attached hydrogens (primary N) is 1. The van der Waals surface area contributed by atoms with Crippen LogP contribution in [0.15, 0.2) is 26.9 Å². The molecule has 2 N–H and O–H groups in total. The van der Waals surface area contributed by atoms with Crippen LogP contribution in [0.25, 0.3) is 0 Å². The predicted octanol–water partition coefficient (Wildman–Crippen LogP) is 6.65. The second-order valence-corrected chi connectivity index (χ2v) is 28.2. The maximum atomic E-state index is 14.2. The molecule has 0 aliphatic carbocycles. The van der Waals surface area contributed by atoms with Gasteiger partial charge >= 0.3 is 5.69 Å². The summed E-state index contributed by atoms with van der Waals surface area (Å²) in [5.74, 6) is 0. The summed E-state index contributed by atoms with van der Waals surface area (Å²) in [5.41, 5.74) is 4.20. The van der Waals surface area contributed by atoms with Crippen LogP contribution in [0.3, 0.4) is 0 Å². The minimum atomic E-state index is -4.21. The fourth-order valence-corrected chi connectivity index (χ4v) is 9.50. The van der Waals surface area contributed by atoms with E-state index in [1.807, 2.05) is 13.1 Å². The lowest BCUT2D eigenvalue weighted by atomic mass is 9.89. The van der Waals surface area contributed by atoms with E-state index in [9.17, 15) is 18.0 Å². The van der Waals surface area contributed by atoms with Crippen LogP contribution in [-0.4, -0.2) is 63.9 Å². The van der Waals surface area contributed by atoms with Gasteiger partial charge in [-0.05, 0) is 56.0 Å². The maximum Gasteiger partial charge on any atom is 0.333 e. The maximum absolute atomic E-state index is 14.2. The topological polar surface area (TPSA) is 141 Å². The van der Waals surface area contributed by atoms with Crippen molar-refractivity contribution in [3.63, 3.8) is 0 Å². The molecule has 276 valence electrons. The lowest BCUT2D eigenvalue weighted by Crippen LogP contribution is -2.59. The van der Waals surface area contributed by atoms with Crippen LogP contribution in [0, 0.1) is 6.92 Å². The van der Waals surface area contributed by atoms with Crippen LogP contribution in [0.4, 0.5) is 0 Å². The smallest absolute Gasteiger partial charge is 0.333 e. The summed E-state index contributed by atoms with van der Waals surface area (Å²) >= 11 is 3.47. The molecular weight excluding hydrogens is 735 g/mol. The van der Waals surface area contributed by atoms with Crippen molar-refractivity contribution in [3.8, 4) is 0 Å². The first-order valence-corrected chi connectivity index (χ1v) is 25.6. The summed E-state index contributed by atoms with van der Waals surface area (Å²) in [7, 11) is -9.26. The number of rotatable bonds is 15. The first-order chi connectivity index (χ1) is 21.9. The Labute approximate surface area is 298 Å². The van der Waals surface area contributed by atoms with Crippen molar-refractivity contribution in [1.29, 1.82) is 0 Å². The highest BCUT2D eigenvalue weighted by atomic mass is 79.9. The van der Waals surface area contributed by atoms with Gasteiger partial charge in [-0.25, -0.2) is 8.98 Å². The average Bonchev–Trinajstić information content (AvgIpc) is 3.37. The molecule has 48 heavy (non-hydrogen) atoms. The van der Waals surface area contributed by atoms with Crippen LogP contribution >= 0.6 is 15.9 Å². The zero-order valence-corrected chi connectivity index (χ0v) is 35.4. The molecule has 0 unspecified atom stereocenters. The van der Waals surface area contributed by atoms with Crippen molar-refractivity contribution in [3.05, 3.63) is 43.7 Å². The number of halogens is 1. The van der Waals surface area contributed by atoms with Crippen LogP contribution < -0.4 is 17.0 Å². The molecule has 2 aliphatic heterocycles. The Hall–Kier alpha value is -1.08. The van der Waals surface area contributed by atoms with Crippen molar-refractivity contribution >= 4 is 42.7 Å². The fraction of sp³-hybridized carbons (Fsp3) is 0.818. The van der Waals surface area contributed by atoms with E-state index in [0.717, 1.165) is 42.8 Å². The molecule has 4 atom stereocenters. The van der Waals surface area contributed by atoms with Crippen LogP contribution in [0.1, 0.15) is 98.3 Å². The summed E-state index contributed by atoms with van der Waals surface area (Å²) in [6, 6.07) is 0. The molecule has 1 fully saturated rings. The molecule has 0 radical (unpaired) electrons. The van der Waals surface area contributed by atoms with Gasteiger partial charge in [-0.15, -0.1) is 0 Å². The Morgan fingerprint density at radius 2 is 1.48 bits per heavy atom. The SMILES string of the molecule is Cc1cn([C@@H]2O[C@H](CO[Si](C)(C)C(C)(C)C)[C@@]3(OS(=O)(=O)C=C3N)[C@H]2O[Si](C)(C)C(C)(C)C)c(=O)n(CCCCCCCCCBr)c1=O. The van der Waals surface area contributed by atoms with Crippen molar-refractivity contribution in [2.75, 3.05) is 11.9 Å². The third-order valence-corrected chi connectivity index (χ3v) is 21.3. The minimum Gasteiger partial charge on any atom is -0.414 e. The van der Waals surface area contributed by atoms with E-state index in [1.54, 1.807) is 6.92 Å². The highest BCUT2D eigenvalue weighted by molar-refractivity contribution is 9.09. The van der Waals surface area contributed by atoms with Crippen LogP contribution in [0.5, 0.6) is 0 Å². The van der Waals surface area contributed by atoms with Gasteiger partial charge in [0.05, 0.1) is 17.7 Å². The summed E-state index contributed by atoms with van der Waals surface area (Å²) < 4.78 is 55.0. The van der Waals surface area contributed by atoms with Crippen molar-refractivity contribution in [1.82, 2.24) is 9.13 Å². The number of aryl methyl sites for hydroxylation is 1. The molecule has 3 heterocycles. The first kappa shape index (κ1) is 41.3. The van der Waals surface area contributed by atoms with E-state index >= 15 is 0 Å². The number of alkyl halides is 1. The largest absolute Gasteiger partial charge is 0.414 e. The molecule has 0 saturated carbocycles. The Morgan fingerprint density at radius 1 is 0.938 bits per heavy atom. The Bertz CT molecular complexity index is 1550. The van der Waals surface area contributed by atoms with Gasteiger partial charge in [0, 0.05) is 23.6 Å². The molecule has 1 aromatic rings. The van der Waals surface area contributed by atoms with Gasteiger partial charge in [0.1, 0.15) is 12.2 Å². The normalized spacial score (nSPS) is 24.8. The van der Waals surface area contributed by atoms with E-state index in [1.165, 1.54) is 21.8 Å². The molecule has 0 bridgehead atoms. The molecule has 15 heteroatoms. The molecule has 0 amide bonds. The predicted molar refractivity (Wildman–Crippen MR) is 200 cm³/mol. The highest BCUT2D eigenvalue weighted by Gasteiger charge is 2.67. The zero-order valence-electron chi connectivity index (χ0n) is 31.0.